The second-order valence-electron chi connectivity index (χ2n) is 10.2. The average molecular weight is 409 g/mol. The van der Waals surface area contributed by atoms with E-state index in [-0.39, 0.29) is 35.3 Å². The number of aliphatic hydroxyl groups is 1. The molecule has 5 rings (SSSR count). The topological polar surface area (TPSA) is 63.6 Å². The molecule has 6 atom stereocenters. The van der Waals surface area contributed by atoms with E-state index in [9.17, 15) is 14.7 Å². The SMILES string of the molecule is C[C@]12CC[C@@H]3[C@H](CCC4=CC(=O)CC[C@]43CO)[C@@H]1CC[C@@H]2OC(=O)c1ccccc1. The zero-order valence-corrected chi connectivity index (χ0v) is 17.8. The quantitative estimate of drug-likeness (QED) is 0.736. The van der Waals surface area contributed by atoms with Gasteiger partial charge in [0.05, 0.1) is 12.2 Å². The van der Waals surface area contributed by atoms with Crippen molar-refractivity contribution in [3.63, 3.8) is 0 Å². The summed E-state index contributed by atoms with van der Waals surface area (Å²) in [4.78, 5) is 24.7. The minimum Gasteiger partial charge on any atom is -0.458 e. The van der Waals surface area contributed by atoms with Crippen molar-refractivity contribution in [2.45, 2.75) is 64.4 Å². The van der Waals surface area contributed by atoms with Crippen LogP contribution in [0.2, 0.25) is 0 Å². The zero-order chi connectivity index (χ0) is 20.9. The van der Waals surface area contributed by atoms with Crippen LogP contribution in [0.5, 0.6) is 0 Å². The zero-order valence-electron chi connectivity index (χ0n) is 17.8. The van der Waals surface area contributed by atoms with Crippen molar-refractivity contribution in [1.29, 1.82) is 0 Å². The molecule has 3 saturated carbocycles. The van der Waals surface area contributed by atoms with Crippen LogP contribution in [0, 0.1) is 28.6 Å². The third-order valence-corrected chi connectivity index (χ3v) is 9.14. The maximum atomic E-state index is 12.7. The molecule has 4 nitrogen and oxygen atoms in total. The number of ether oxygens (including phenoxy) is 1. The van der Waals surface area contributed by atoms with Crippen LogP contribution in [0.15, 0.2) is 42.0 Å². The monoisotopic (exact) mass is 408 g/mol. The highest BCUT2D eigenvalue weighted by Gasteiger charge is 2.61. The van der Waals surface area contributed by atoms with Crippen molar-refractivity contribution >= 4 is 11.8 Å². The van der Waals surface area contributed by atoms with E-state index in [2.05, 4.69) is 6.92 Å². The Kier molecular flexibility index (Phi) is 4.89. The molecular weight excluding hydrogens is 376 g/mol. The summed E-state index contributed by atoms with van der Waals surface area (Å²) in [5.74, 6) is 1.52. The second-order valence-corrected chi connectivity index (χ2v) is 10.2. The van der Waals surface area contributed by atoms with E-state index >= 15 is 0 Å². The summed E-state index contributed by atoms with van der Waals surface area (Å²) in [6.45, 7) is 2.48. The Morgan fingerprint density at radius 3 is 2.63 bits per heavy atom. The van der Waals surface area contributed by atoms with Crippen LogP contribution in [0.1, 0.15) is 68.6 Å². The number of hydrogen-bond acceptors (Lipinski definition) is 4. The molecule has 0 unspecified atom stereocenters. The number of fused-ring (bicyclic) bond motifs is 5. The van der Waals surface area contributed by atoms with E-state index in [1.54, 1.807) is 0 Å². The Morgan fingerprint density at radius 2 is 1.87 bits per heavy atom. The summed E-state index contributed by atoms with van der Waals surface area (Å²) in [6.07, 6.45) is 9.27. The maximum Gasteiger partial charge on any atom is 0.338 e. The van der Waals surface area contributed by atoms with Gasteiger partial charge in [0, 0.05) is 17.3 Å². The van der Waals surface area contributed by atoms with Gasteiger partial charge in [0.2, 0.25) is 0 Å². The van der Waals surface area contributed by atoms with Crippen molar-refractivity contribution < 1.29 is 19.4 Å². The van der Waals surface area contributed by atoms with Crippen LogP contribution < -0.4 is 0 Å². The average Bonchev–Trinajstić information content (AvgIpc) is 3.10. The molecule has 0 aliphatic heterocycles. The number of aliphatic hydroxyl groups excluding tert-OH is 1. The molecule has 0 spiro atoms. The van der Waals surface area contributed by atoms with Crippen molar-refractivity contribution in [2.24, 2.45) is 28.6 Å². The summed E-state index contributed by atoms with van der Waals surface area (Å²) >= 11 is 0. The van der Waals surface area contributed by atoms with Crippen LogP contribution >= 0.6 is 0 Å². The Bertz CT molecular complexity index is 874. The summed E-state index contributed by atoms with van der Waals surface area (Å²) in [6, 6.07) is 9.29. The van der Waals surface area contributed by atoms with Gasteiger partial charge in [-0.15, -0.1) is 0 Å². The molecule has 0 bridgehead atoms. The molecule has 0 amide bonds. The number of carbonyl (C=O) groups excluding carboxylic acids is 2. The van der Waals surface area contributed by atoms with E-state index in [1.807, 2.05) is 36.4 Å². The molecule has 4 aliphatic carbocycles. The van der Waals surface area contributed by atoms with Crippen LogP contribution in [-0.2, 0) is 9.53 Å². The molecule has 160 valence electrons. The van der Waals surface area contributed by atoms with E-state index < -0.39 is 0 Å². The first-order valence-electron chi connectivity index (χ1n) is 11.6. The lowest BCUT2D eigenvalue weighted by atomic mass is 9.47. The highest BCUT2D eigenvalue weighted by Crippen LogP contribution is 2.65. The summed E-state index contributed by atoms with van der Waals surface area (Å²) in [7, 11) is 0. The molecule has 3 fully saturated rings. The van der Waals surface area contributed by atoms with Gasteiger partial charge in [0.15, 0.2) is 5.78 Å². The first-order valence-corrected chi connectivity index (χ1v) is 11.6. The highest BCUT2D eigenvalue weighted by molar-refractivity contribution is 5.91. The van der Waals surface area contributed by atoms with E-state index in [0.29, 0.717) is 29.7 Å². The predicted octanol–water partition coefficient (Wildman–Crippen LogP) is 4.72. The molecule has 1 aromatic carbocycles. The molecule has 0 aromatic heterocycles. The van der Waals surface area contributed by atoms with Crippen molar-refractivity contribution in [1.82, 2.24) is 0 Å². The van der Waals surface area contributed by atoms with Crippen LogP contribution in [0.4, 0.5) is 0 Å². The third kappa shape index (κ3) is 2.90. The van der Waals surface area contributed by atoms with E-state index in [4.69, 9.17) is 4.74 Å². The van der Waals surface area contributed by atoms with Crippen molar-refractivity contribution in [3.05, 3.63) is 47.5 Å². The normalized spacial score (nSPS) is 40.1. The Morgan fingerprint density at radius 1 is 1.07 bits per heavy atom. The van der Waals surface area contributed by atoms with Crippen LogP contribution in [0.3, 0.4) is 0 Å². The fourth-order valence-corrected chi connectivity index (χ4v) is 7.57. The van der Waals surface area contributed by atoms with Crippen LogP contribution in [0.25, 0.3) is 0 Å². The number of ketones is 1. The van der Waals surface area contributed by atoms with Gasteiger partial charge in [-0.1, -0.05) is 30.7 Å². The lowest BCUT2D eigenvalue weighted by Crippen LogP contribution is -2.53. The first kappa shape index (κ1) is 20.0. The van der Waals surface area contributed by atoms with Crippen molar-refractivity contribution in [3.8, 4) is 0 Å². The predicted molar refractivity (Wildman–Crippen MR) is 114 cm³/mol. The highest BCUT2D eigenvalue weighted by atomic mass is 16.5. The molecular formula is C26H32O4. The largest absolute Gasteiger partial charge is 0.458 e. The Hall–Kier alpha value is -1.94. The standard InChI is InChI=1S/C26H32O4/c1-25-13-12-22-20(8-7-18-15-19(28)11-14-26(18,22)16-27)21(25)9-10-23(25)30-24(29)17-5-3-2-4-6-17/h2-6,15,20-23,27H,7-14,16H2,1H3/t20-,21+,22-,23+,25+,26+/m1/s1. The minimum atomic E-state index is -0.212. The molecule has 0 heterocycles. The number of hydrogen-bond donors (Lipinski definition) is 1. The smallest absolute Gasteiger partial charge is 0.338 e. The Labute approximate surface area is 178 Å². The lowest BCUT2D eigenvalue weighted by Gasteiger charge is -2.58. The number of benzene rings is 1. The molecule has 1 N–H and O–H groups in total. The lowest BCUT2D eigenvalue weighted by molar-refractivity contribution is -0.120. The first-order chi connectivity index (χ1) is 14.5. The third-order valence-electron chi connectivity index (χ3n) is 9.14. The van der Waals surface area contributed by atoms with E-state index in [1.165, 1.54) is 5.57 Å². The van der Waals surface area contributed by atoms with Gasteiger partial charge < -0.3 is 9.84 Å². The number of carbonyl (C=O) groups is 2. The van der Waals surface area contributed by atoms with Crippen molar-refractivity contribution in [2.75, 3.05) is 6.61 Å². The fourth-order valence-electron chi connectivity index (χ4n) is 7.57. The van der Waals surface area contributed by atoms with Gasteiger partial charge in [0.1, 0.15) is 6.10 Å². The molecule has 1 aromatic rings. The molecule has 4 aliphatic rings. The number of rotatable bonds is 3. The van der Waals surface area contributed by atoms with Gasteiger partial charge in [0.25, 0.3) is 0 Å². The summed E-state index contributed by atoms with van der Waals surface area (Å²) in [5, 5.41) is 10.5. The minimum absolute atomic E-state index is 0.00789. The van der Waals surface area contributed by atoms with Crippen LogP contribution in [-0.4, -0.2) is 29.6 Å². The molecule has 4 heteroatoms. The molecule has 0 radical (unpaired) electrons. The van der Waals surface area contributed by atoms with E-state index in [0.717, 1.165) is 44.9 Å². The number of esters is 1. The van der Waals surface area contributed by atoms with Gasteiger partial charge >= 0.3 is 5.97 Å². The Balaban J connectivity index is 1.38. The van der Waals surface area contributed by atoms with Gasteiger partial charge in [-0.3, -0.25) is 4.79 Å². The summed E-state index contributed by atoms with van der Waals surface area (Å²) in [5.41, 5.74) is 1.64. The van der Waals surface area contributed by atoms with Gasteiger partial charge in [-0.2, -0.15) is 0 Å². The molecule has 0 saturated heterocycles. The fraction of sp³-hybridized carbons (Fsp3) is 0.615. The van der Waals surface area contributed by atoms with Gasteiger partial charge in [-0.25, -0.2) is 4.79 Å². The maximum absolute atomic E-state index is 12.7. The summed E-state index contributed by atoms with van der Waals surface area (Å²) < 4.78 is 6.08. The second kappa shape index (κ2) is 7.33. The van der Waals surface area contributed by atoms with Gasteiger partial charge in [-0.05, 0) is 80.9 Å². The molecule has 30 heavy (non-hydrogen) atoms.